The number of hydrogen-bond donors (Lipinski definition) is 3. The summed E-state index contributed by atoms with van der Waals surface area (Å²) in [6.07, 6.45) is 6.45. The van der Waals surface area contributed by atoms with Gasteiger partial charge in [-0.25, -0.2) is 14.6 Å². The number of nitrogens with one attached hydrogen (secondary N) is 3. The van der Waals surface area contributed by atoms with Crippen LogP contribution < -0.4 is 16.0 Å². The third-order valence-corrected chi connectivity index (χ3v) is 9.33. The summed E-state index contributed by atoms with van der Waals surface area (Å²) in [6.45, 7) is 7.00. The Hall–Kier alpha value is -4.37. The standard InChI is InChI=1S/C32H43N9O4S2/c1-22(2)30-37-26(18-46-30)16-40(4)31(43)39-28(12-13-41-19-34-35-20-41)29(42)36-23(3)10-11-25(14-24-8-6-5-7-9-24)38-32(44)45-17-27-15-33-21-47-27/h5-9,15,18-23,25,28H,10-14,16-17H2,1-4H3,(H,36,42)(H,38,44)(H,39,43)/t23-,25+,28-/m0/s1. The molecule has 13 nitrogen and oxygen atoms in total. The first-order chi connectivity index (χ1) is 22.7. The van der Waals surface area contributed by atoms with Crippen molar-refractivity contribution in [2.75, 3.05) is 7.05 Å². The number of amides is 4. The second kappa shape index (κ2) is 18.1. The van der Waals surface area contributed by atoms with Crippen LogP contribution >= 0.6 is 22.7 Å². The van der Waals surface area contributed by atoms with Gasteiger partial charge in [0.15, 0.2) is 0 Å². The summed E-state index contributed by atoms with van der Waals surface area (Å²) in [7, 11) is 1.68. The van der Waals surface area contributed by atoms with Gasteiger partial charge in [0.1, 0.15) is 25.3 Å². The van der Waals surface area contributed by atoms with Crippen molar-refractivity contribution in [3.8, 4) is 0 Å². The summed E-state index contributed by atoms with van der Waals surface area (Å²) >= 11 is 3.00. The van der Waals surface area contributed by atoms with Crippen molar-refractivity contribution < 1.29 is 19.1 Å². The Morgan fingerprint density at radius 2 is 1.74 bits per heavy atom. The first kappa shape index (κ1) is 35.5. The molecule has 0 aliphatic rings. The predicted molar refractivity (Wildman–Crippen MR) is 181 cm³/mol. The monoisotopic (exact) mass is 681 g/mol. The zero-order valence-electron chi connectivity index (χ0n) is 27.2. The summed E-state index contributed by atoms with van der Waals surface area (Å²) in [5, 5.41) is 19.6. The van der Waals surface area contributed by atoms with Crippen molar-refractivity contribution in [3.05, 3.63) is 81.2 Å². The van der Waals surface area contributed by atoms with Crippen molar-refractivity contribution in [3.63, 3.8) is 0 Å². The van der Waals surface area contributed by atoms with Crippen molar-refractivity contribution in [1.82, 2.24) is 45.6 Å². The summed E-state index contributed by atoms with van der Waals surface area (Å²) in [4.78, 5) is 50.4. The molecule has 0 spiro atoms. The molecule has 0 radical (unpaired) electrons. The third kappa shape index (κ3) is 12.1. The van der Waals surface area contributed by atoms with E-state index < -0.39 is 12.1 Å². The van der Waals surface area contributed by atoms with Gasteiger partial charge in [0, 0.05) is 43.2 Å². The number of thiazole rings is 2. The van der Waals surface area contributed by atoms with E-state index in [0.29, 0.717) is 44.7 Å². The van der Waals surface area contributed by atoms with Gasteiger partial charge >= 0.3 is 12.1 Å². The van der Waals surface area contributed by atoms with E-state index in [2.05, 4.69) is 50.0 Å². The first-order valence-electron chi connectivity index (χ1n) is 15.6. The van der Waals surface area contributed by atoms with Gasteiger partial charge in [-0.1, -0.05) is 44.2 Å². The minimum Gasteiger partial charge on any atom is -0.444 e. The molecule has 4 aromatic rings. The molecule has 47 heavy (non-hydrogen) atoms. The lowest BCUT2D eigenvalue weighted by atomic mass is 9.99. The fourth-order valence-corrected chi connectivity index (χ4v) is 6.10. The number of alkyl carbamates (subject to hydrolysis) is 1. The predicted octanol–water partition coefficient (Wildman–Crippen LogP) is 4.74. The molecule has 252 valence electrons. The lowest BCUT2D eigenvalue weighted by Gasteiger charge is -2.25. The van der Waals surface area contributed by atoms with Gasteiger partial charge in [0.2, 0.25) is 5.91 Å². The summed E-state index contributed by atoms with van der Waals surface area (Å²) < 4.78 is 7.17. The van der Waals surface area contributed by atoms with Crippen molar-refractivity contribution in [2.24, 2.45) is 0 Å². The van der Waals surface area contributed by atoms with E-state index in [1.54, 1.807) is 47.3 Å². The maximum Gasteiger partial charge on any atom is 0.407 e. The molecule has 3 atom stereocenters. The van der Waals surface area contributed by atoms with Crippen LogP contribution in [0, 0.1) is 0 Å². The van der Waals surface area contributed by atoms with Crippen LogP contribution in [0.5, 0.6) is 0 Å². The van der Waals surface area contributed by atoms with Gasteiger partial charge in [0.25, 0.3) is 0 Å². The number of ether oxygens (including phenoxy) is 1. The van der Waals surface area contributed by atoms with E-state index in [1.807, 2.05) is 42.6 Å². The molecule has 0 aliphatic carbocycles. The lowest BCUT2D eigenvalue weighted by Crippen LogP contribution is -2.52. The van der Waals surface area contributed by atoms with Crippen LogP contribution in [0.15, 0.2) is 60.1 Å². The van der Waals surface area contributed by atoms with Crippen LogP contribution in [0.4, 0.5) is 9.59 Å². The first-order valence-corrected chi connectivity index (χ1v) is 17.4. The molecule has 0 unspecified atom stereocenters. The summed E-state index contributed by atoms with van der Waals surface area (Å²) in [6, 6.07) is 8.29. The number of urea groups is 1. The second-order valence-electron chi connectivity index (χ2n) is 11.7. The highest BCUT2D eigenvalue weighted by Gasteiger charge is 2.25. The molecular formula is C32H43N9O4S2. The number of carbonyl (C=O) groups is 3. The molecular weight excluding hydrogens is 639 g/mol. The van der Waals surface area contributed by atoms with Crippen LogP contribution in [0.25, 0.3) is 0 Å². The maximum atomic E-state index is 13.5. The minimum atomic E-state index is -0.795. The van der Waals surface area contributed by atoms with Crippen molar-refractivity contribution in [1.29, 1.82) is 0 Å². The molecule has 3 aromatic heterocycles. The number of aromatic nitrogens is 5. The second-order valence-corrected chi connectivity index (χ2v) is 13.6. The Balaban J connectivity index is 1.33. The molecule has 0 aliphatic heterocycles. The van der Waals surface area contributed by atoms with Gasteiger partial charge in [-0.05, 0) is 38.2 Å². The highest BCUT2D eigenvalue weighted by molar-refractivity contribution is 7.09. The van der Waals surface area contributed by atoms with Crippen LogP contribution in [-0.2, 0) is 35.6 Å². The maximum absolute atomic E-state index is 13.5. The Bertz CT molecular complexity index is 1510. The van der Waals surface area contributed by atoms with Gasteiger partial charge in [-0.3, -0.25) is 9.78 Å². The number of hydrogen-bond acceptors (Lipinski definition) is 10. The average Bonchev–Trinajstić information content (AvgIpc) is 3.85. The molecule has 15 heteroatoms. The largest absolute Gasteiger partial charge is 0.444 e. The van der Waals surface area contributed by atoms with E-state index in [-0.39, 0.29) is 30.6 Å². The highest BCUT2D eigenvalue weighted by atomic mass is 32.1. The van der Waals surface area contributed by atoms with E-state index >= 15 is 0 Å². The average molecular weight is 682 g/mol. The number of rotatable bonds is 17. The molecule has 0 bridgehead atoms. The molecule has 1 aromatic carbocycles. The van der Waals surface area contributed by atoms with Crippen LogP contribution in [0.1, 0.15) is 67.1 Å². The van der Waals surface area contributed by atoms with Crippen molar-refractivity contribution >= 4 is 40.7 Å². The fourth-order valence-electron chi connectivity index (χ4n) is 4.77. The Morgan fingerprint density at radius 1 is 0.979 bits per heavy atom. The van der Waals surface area contributed by atoms with E-state index in [4.69, 9.17) is 4.74 Å². The van der Waals surface area contributed by atoms with Gasteiger partial charge in [-0.2, -0.15) is 0 Å². The Kier molecular flexibility index (Phi) is 13.7. The van der Waals surface area contributed by atoms with E-state index in [0.717, 1.165) is 21.1 Å². The normalized spacial score (nSPS) is 13.0. The molecule has 3 heterocycles. The topological polar surface area (TPSA) is 156 Å². The number of aryl methyl sites for hydroxylation is 1. The van der Waals surface area contributed by atoms with E-state index in [1.165, 1.54) is 16.2 Å². The molecule has 0 saturated carbocycles. The smallest absolute Gasteiger partial charge is 0.407 e. The lowest BCUT2D eigenvalue weighted by molar-refractivity contribution is -0.123. The summed E-state index contributed by atoms with van der Waals surface area (Å²) in [5.41, 5.74) is 3.58. The third-order valence-electron chi connectivity index (χ3n) is 7.38. The fraction of sp³-hybridized carbons (Fsp3) is 0.469. The van der Waals surface area contributed by atoms with Crippen LogP contribution in [0.2, 0.25) is 0 Å². The Labute approximate surface area is 283 Å². The Morgan fingerprint density at radius 3 is 2.43 bits per heavy atom. The zero-order chi connectivity index (χ0) is 33.6. The summed E-state index contributed by atoms with van der Waals surface area (Å²) in [5.74, 6) is 0.0209. The molecule has 3 N–H and O–H groups in total. The number of nitrogens with zero attached hydrogens (tertiary/aromatic N) is 6. The number of benzene rings is 1. The molecule has 0 fully saturated rings. The quantitative estimate of drug-likeness (QED) is 0.144. The van der Waals surface area contributed by atoms with E-state index in [9.17, 15) is 14.4 Å². The van der Waals surface area contributed by atoms with Gasteiger partial charge in [0.05, 0.1) is 27.6 Å². The number of carbonyl (C=O) groups excluding carboxylic acids is 3. The zero-order valence-corrected chi connectivity index (χ0v) is 28.8. The van der Waals surface area contributed by atoms with Crippen LogP contribution in [0.3, 0.4) is 0 Å². The van der Waals surface area contributed by atoms with Crippen molar-refractivity contribution in [2.45, 2.75) is 90.2 Å². The van der Waals surface area contributed by atoms with Crippen LogP contribution in [-0.4, -0.2) is 72.8 Å². The van der Waals surface area contributed by atoms with Gasteiger partial charge < -0.3 is 30.2 Å². The minimum absolute atomic E-state index is 0.154. The molecule has 0 saturated heterocycles. The highest BCUT2D eigenvalue weighted by Crippen LogP contribution is 2.20. The van der Waals surface area contributed by atoms with Gasteiger partial charge in [-0.15, -0.1) is 32.9 Å². The SMILES string of the molecule is CC(C)c1nc(CN(C)C(=O)N[C@@H](CCn2cnnc2)C(=O)N[C@@H](C)CC[C@H](Cc2ccccc2)NC(=O)OCc2cncs2)cs1. The molecule has 4 rings (SSSR count). The molecule has 4 amide bonds.